The molecular weight excluding hydrogens is 272 g/mol. The number of thioether (sulfide) groups is 2. The van der Waals surface area contributed by atoms with Crippen LogP contribution in [-0.4, -0.2) is 33.6 Å². The lowest BCUT2D eigenvalue weighted by Gasteiger charge is -2.20. The smallest absolute Gasteiger partial charge is 0.268 e. The molecule has 0 aromatic carbocycles. The largest absolute Gasteiger partial charge is 0.338 e. The van der Waals surface area contributed by atoms with Gasteiger partial charge in [0, 0.05) is 24.2 Å². The Morgan fingerprint density at radius 3 is 2.41 bits per heavy atom. The molecule has 2 aliphatic rings. The molecule has 17 heavy (non-hydrogen) atoms. The molecule has 0 spiro atoms. The van der Waals surface area contributed by atoms with E-state index in [1.54, 1.807) is 23.7 Å². The Morgan fingerprint density at radius 2 is 1.94 bits per heavy atom. The number of nitrogens with zero attached hydrogens (tertiary/aromatic N) is 2. The van der Waals surface area contributed by atoms with Crippen molar-refractivity contribution in [3.05, 3.63) is 20.5 Å². The Balaban J connectivity index is 2.42. The summed E-state index contributed by atoms with van der Waals surface area (Å²) < 4.78 is 0.636. The monoisotopic (exact) mass is 286 g/mol. The van der Waals surface area contributed by atoms with Crippen LogP contribution in [0.25, 0.3) is 0 Å². The van der Waals surface area contributed by atoms with E-state index in [-0.39, 0.29) is 5.91 Å². The molecule has 0 aliphatic carbocycles. The third-order valence-corrected chi connectivity index (χ3v) is 5.77. The van der Waals surface area contributed by atoms with Gasteiger partial charge in [-0.2, -0.15) is 0 Å². The van der Waals surface area contributed by atoms with E-state index < -0.39 is 0 Å². The van der Waals surface area contributed by atoms with E-state index in [2.05, 4.69) is 25.7 Å². The SMILES string of the molecule is CCN1C(C)=C(C)S/C1=C1/SC(=S)N(C)C1=O. The lowest BCUT2D eigenvalue weighted by molar-refractivity contribution is -0.121. The highest BCUT2D eigenvalue weighted by atomic mass is 32.2. The predicted molar refractivity (Wildman–Crippen MR) is 78.3 cm³/mol. The molecule has 3 nitrogen and oxygen atoms in total. The molecule has 0 bridgehead atoms. The molecule has 2 rings (SSSR count). The fourth-order valence-corrected chi connectivity index (χ4v) is 4.24. The van der Waals surface area contributed by atoms with Gasteiger partial charge >= 0.3 is 0 Å². The van der Waals surface area contributed by atoms with Crippen molar-refractivity contribution in [3.8, 4) is 0 Å². The van der Waals surface area contributed by atoms with E-state index in [4.69, 9.17) is 12.2 Å². The number of likely N-dealkylation sites (N-methyl/N-ethyl adjacent to an activating group) is 1. The summed E-state index contributed by atoms with van der Waals surface area (Å²) in [4.78, 5) is 17.8. The normalized spacial score (nSPS) is 25.6. The molecule has 0 saturated carbocycles. The zero-order valence-corrected chi connectivity index (χ0v) is 12.7. The maximum absolute atomic E-state index is 12.1. The molecular formula is C11H14N2OS3. The van der Waals surface area contributed by atoms with Gasteiger partial charge in [-0.1, -0.05) is 35.7 Å². The average Bonchev–Trinajstić information content (AvgIpc) is 2.72. The number of amides is 1. The third-order valence-electron chi connectivity index (χ3n) is 2.88. The Bertz CT molecular complexity index is 467. The highest BCUT2D eigenvalue weighted by Gasteiger charge is 2.36. The van der Waals surface area contributed by atoms with Gasteiger partial charge in [-0.15, -0.1) is 0 Å². The van der Waals surface area contributed by atoms with Crippen LogP contribution < -0.4 is 0 Å². The molecule has 0 aromatic rings. The molecule has 0 unspecified atom stereocenters. The summed E-state index contributed by atoms with van der Waals surface area (Å²) in [6, 6.07) is 0. The van der Waals surface area contributed by atoms with E-state index >= 15 is 0 Å². The first kappa shape index (κ1) is 13.0. The highest BCUT2D eigenvalue weighted by Crippen LogP contribution is 2.46. The molecule has 1 amide bonds. The van der Waals surface area contributed by atoms with E-state index in [0.717, 1.165) is 16.5 Å². The van der Waals surface area contributed by atoms with Crippen LogP contribution in [0.3, 0.4) is 0 Å². The van der Waals surface area contributed by atoms with Crippen molar-refractivity contribution in [1.29, 1.82) is 0 Å². The number of allylic oxidation sites excluding steroid dienone is 2. The summed E-state index contributed by atoms with van der Waals surface area (Å²) in [6.07, 6.45) is 0. The zero-order valence-electron chi connectivity index (χ0n) is 10.2. The number of carbonyl (C=O) groups is 1. The molecule has 0 radical (unpaired) electrons. The van der Waals surface area contributed by atoms with Gasteiger partial charge in [0.2, 0.25) is 0 Å². The second kappa shape index (κ2) is 4.66. The lowest BCUT2D eigenvalue weighted by atomic mass is 10.4. The molecule has 1 saturated heterocycles. The van der Waals surface area contributed by atoms with Gasteiger partial charge in [0.25, 0.3) is 5.91 Å². The second-order valence-corrected chi connectivity index (χ2v) is 6.70. The van der Waals surface area contributed by atoms with E-state index in [9.17, 15) is 4.79 Å². The third kappa shape index (κ3) is 2.02. The quantitative estimate of drug-likeness (QED) is 0.545. The van der Waals surface area contributed by atoms with Crippen LogP contribution in [0.1, 0.15) is 20.8 Å². The van der Waals surface area contributed by atoms with Gasteiger partial charge in [0.1, 0.15) is 9.23 Å². The number of hydrogen-bond donors (Lipinski definition) is 0. The van der Waals surface area contributed by atoms with Crippen molar-refractivity contribution in [2.45, 2.75) is 20.8 Å². The van der Waals surface area contributed by atoms with Crippen molar-refractivity contribution < 1.29 is 4.79 Å². The summed E-state index contributed by atoms with van der Waals surface area (Å²) in [6.45, 7) is 7.14. The van der Waals surface area contributed by atoms with Crippen LogP contribution >= 0.6 is 35.7 Å². The first-order chi connectivity index (χ1) is 7.97. The number of rotatable bonds is 1. The van der Waals surface area contributed by atoms with Crippen LogP contribution in [0.5, 0.6) is 0 Å². The van der Waals surface area contributed by atoms with E-state index in [1.807, 2.05) is 0 Å². The van der Waals surface area contributed by atoms with Crippen LogP contribution in [0.4, 0.5) is 0 Å². The molecule has 6 heteroatoms. The number of carbonyl (C=O) groups excluding carboxylic acids is 1. The summed E-state index contributed by atoms with van der Waals surface area (Å²) in [5.41, 5.74) is 1.23. The topological polar surface area (TPSA) is 23.6 Å². The average molecular weight is 286 g/mol. The summed E-state index contributed by atoms with van der Waals surface area (Å²) in [7, 11) is 1.73. The second-order valence-electron chi connectivity index (χ2n) is 3.85. The first-order valence-corrected chi connectivity index (χ1v) is 7.38. The van der Waals surface area contributed by atoms with Crippen LogP contribution in [-0.2, 0) is 4.79 Å². The highest BCUT2D eigenvalue weighted by molar-refractivity contribution is 8.27. The molecule has 2 aliphatic heterocycles. The fourth-order valence-electron chi connectivity index (χ4n) is 1.74. The zero-order chi connectivity index (χ0) is 12.7. The Kier molecular flexibility index (Phi) is 3.56. The van der Waals surface area contributed by atoms with Crippen molar-refractivity contribution in [2.75, 3.05) is 13.6 Å². The fraction of sp³-hybridized carbons (Fsp3) is 0.455. The summed E-state index contributed by atoms with van der Waals surface area (Å²) >= 11 is 8.23. The molecule has 92 valence electrons. The molecule has 2 heterocycles. The van der Waals surface area contributed by atoms with Gasteiger partial charge in [-0.05, 0) is 20.8 Å². The van der Waals surface area contributed by atoms with Crippen molar-refractivity contribution >= 4 is 46.0 Å². The molecule has 0 aromatic heterocycles. The molecule has 1 fully saturated rings. The van der Waals surface area contributed by atoms with Crippen molar-refractivity contribution in [2.24, 2.45) is 0 Å². The van der Waals surface area contributed by atoms with Gasteiger partial charge in [0.15, 0.2) is 0 Å². The summed E-state index contributed by atoms with van der Waals surface area (Å²) in [5.74, 6) is 0.0171. The first-order valence-electron chi connectivity index (χ1n) is 5.34. The Morgan fingerprint density at radius 1 is 1.29 bits per heavy atom. The molecule has 0 N–H and O–H groups in total. The minimum absolute atomic E-state index is 0.0171. The van der Waals surface area contributed by atoms with E-state index in [1.165, 1.54) is 22.4 Å². The lowest BCUT2D eigenvalue weighted by Crippen LogP contribution is -2.24. The Hall–Kier alpha value is -0.460. The minimum atomic E-state index is 0.0171. The van der Waals surface area contributed by atoms with Gasteiger partial charge in [-0.3, -0.25) is 9.69 Å². The van der Waals surface area contributed by atoms with Gasteiger partial charge in [0.05, 0.1) is 5.03 Å². The van der Waals surface area contributed by atoms with Crippen LogP contribution in [0.2, 0.25) is 0 Å². The van der Waals surface area contributed by atoms with Crippen LogP contribution in [0, 0.1) is 0 Å². The van der Waals surface area contributed by atoms with Crippen LogP contribution in [0.15, 0.2) is 20.5 Å². The van der Waals surface area contributed by atoms with Gasteiger partial charge < -0.3 is 4.90 Å². The van der Waals surface area contributed by atoms with E-state index in [0.29, 0.717) is 4.32 Å². The maximum atomic E-state index is 12.1. The van der Waals surface area contributed by atoms with Crippen molar-refractivity contribution in [1.82, 2.24) is 9.80 Å². The summed E-state index contributed by atoms with van der Waals surface area (Å²) in [5, 5.41) is 1.03. The van der Waals surface area contributed by atoms with Gasteiger partial charge in [-0.25, -0.2) is 0 Å². The number of thiocarbonyl (C=S) groups is 1. The standard InChI is InChI=1S/C11H14N2OS3/c1-5-13-6(2)7(3)16-10(13)8-9(14)12(4)11(15)17-8/h5H2,1-4H3/b10-8+. The molecule has 0 atom stereocenters. The minimum Gasteiger partial charge on any atom is -0.338 e. The van der Waals surface area contributed by atoms with Crippen molar-refractivity contribution in [3.63, 3.8) is 0 Å². The maximum Gasteiger partial charge on any atom is 0.268 e. The predicted octanol–water partition coefficient (Wildman–Crippen LogP) is 2.97. The Labute approximate surface area is 115 Å². The number of hydrogen-bond acceptors (Lipinski definition) is 5.